The van der Waals surface area contributed by atoms with Crippen LogP contribution in [0.2, 0.25) is 0 Å². The number of para-hydroxylation sites is 1. The molecule has 0 atom stereocenters. The van der Waals surface area contributed by atoms with Crippen molar-refractivity contribution < 1.29 is 14.8 Å². The van der Waals surface area contributed by atoms with Gasteiger partial charge >= 0.3 is 5.69 Å². The number of nitro groups is 1. The molecule has 7 heteroatoms. The lowest BCUT2D eigenvalue weighted by Gasteiger charge is -2.05. The average molecular weight is 349 g/mol. The van der Waals surface area contributed by atoms with E-state index in [2.05, 4.69) is 10.5 Å². The molecule has 0 heterocycles. The number of carbonyl (C=O) groups is 1. The number of carbonyl (C=O) groups excluding carboxylic acids is 1. The number of nitro benzene ring substituents is 1. The number of hydrogen-bond acceptors (Lipinski definition) is 5. The van der Waals surface area contributed by atoms with Gasteiger partial charge in [0, 0.05) is 11.6 Å². The lowest BCUT2D eigenvalue weighted by atomic mass is 10.0. The number of benzene rings is 3. The maximum Gasteiger partial charge on any atom is 0.311 e. The van der Waals surface area contributed by atoms with Crippen molar-refractivity contribution in [3.63, 3.8) is 0 Å². The number of nitrogens with one attached hydrogen (secondary N) is 1. The van der Waals surface area contributed by atoms with Crippen molar-refractivity contribution in [3.05, 3.63) is 81.9 Å². The summed E-state index contributed by atoms with van der Waals surface area (Å²) in [5, 5.41) is 26.4. The summed E-state index contributed by atoms with van der Waals surface area (Å²) in [6, 6.07) is 17.6. The molecule has 0 aromatic heterocycles. The molecule has 3 aromatic rings. The SMILES string of the molecule is O=C(Cc1cccc2ccccc12)NN=Cc1cccc([N+](=O)[O-])c1O. The highest BCUT2D eigenvalue weighted by atomic mass is 16.6. The van der Waals surface area contributed by atoms with Gasteiger partial charge in [-0.15, -0.1) is 0 Å². The Labute approximate surface area is 148 Å². The molecule has 0 radical (unpaired) electrons. The van der Waals surface area contributed by atoms with Gasteiger partial charge in [-0.25, -0.2) is 5.43 Å². The average Bonchev–Trinajstić information content (AvgIpc) is 2.63. The van der Waals surface area contributed by atoms with Gasteiger partial charge in [-0.2, -0.15) is 5.10 Å². The highest BCUT2D eigenvalue weighted by Crippen LogP contribution is 2.27. The van der Waals surface area contributed by atoms with E-state index >= 15 is 0 Å². The van der Waals surface area contributed by atoms with Crippen LogP contribution in [-0.4, -0.2) is 22.2 Å². The minimum absolute atomic E-state index is 0.139. The van der Waals surface area contributed by atoms with E-state index in [0.29, 0.717) is 0 Å². The predicted octanol–water partition coefficient (Wildman–Crippen LogP) is 3.15. The molecular formula is C19H15N3O4. The topological polar surface area (TPSA) is 105 Å². The number of phenols is 1. The zero-order valence-electron chi connectivity index (χ0n) is 13.6. The van der Waals surface area contributed by atoms with Gasteiger partial charge in [-0.3, -0.25) is 14.9 Å². The molecular weight excluding hydrogens is 334 g/mol. The number of hydrazone groups is 1. The van der Waals surface area contributed by atoms with Crippen LogP contribution in [-0.2, 0) is 11.2 Å². The summed E-state index contributed by atoms with van der Waals surface area (Å²) >= 11 is 0. The lowest BCUT2D eigenvalue weighted by molar-refractivity contribution is -0.385. The van der Waals surface area contributed by atoms with Crippen LogP contribution in [0.5, 0.6) is 5.75 Å². The number of rotatable bonds is 5. The van der Waals surface area contributed by atoms with Crippen molar-refractivity contribution >= 4 is 28.6 Å². The Balaban J connectivity index is 1.70. The number of phenolic OH excluding ortho intramolecular Hbond substituents is 1. The third-order valence-corrected chi connectivity index (χ3v) is 3.87. The van der Waals surface area contributed by atoms with Gasteiger partial charge in [0.05, 0.1) is 17.6 Å². The summed E-state index contributed by atoms with van der Waals surface area (Å²) in [6.45, 7) is 0. The Morgan fingerprint density at radius 2 is 1.85 bits per heavy atom. The molecule has 0 fully saturated rings. The predicted molar refractivity (Wildman–Crippen MR) is 98.1 cm³/mol. The number of nitrogens with zero attached hydrogens (tertiary/aromatic N) is 2. The van der Waals surface area contributed by atoms with E-state index in [9.17, 15) is 20.0 Å². The molecule has 0 aliphatic rings. The smallest absolute Gasteiger partial charge is 0.311 e. The largest absolute Gasteiger partial charge is 0.502 e. The summed E-state index contributed by atoms with van der Waals surface area (Å²) in [4.78, 5) is 22.2. The fourth-order valence-electron chi connectivity index (χ4n) is 2.63. The Kier molecular flexibility index (Phi) is 4.89. The Morgan fingerprint density at radius 1 is 1.12 bits per heavy atom. The number of hydrogen-bond donors (Lipinski definition) is 2. The molecule has 7 nitrogen and oxygen atoms in total. The Hall–Kier alpha value is -3.74. The molecule has 3 rings (SSSR count). The quantitative estimate of drug-likeness (QED) is 0.419. The molecule has 2 N–H and O–H groups in total. The van der Waals surface area contributed by atoms with Crippen molar-refractivity contribution in [2.24, 2.45) is 5.10 Å². The summed E-state index contributed by atoms with van der Waals surface area (Å²) in [5.74, 6) is -0.827. The zero-order valence-corrected chi connectivity index (χ0v) is 13.6. The summed E-state index contributed by atoms with van der Waals surface area (Å²) in [5.41, 5.74) is 2.96. The third kappa shape index (κ3) is 3.67. The third-order valence-electron chi connectivity index (χ3n) is 3.87. The van der Waals surface area contributed by atoms with Gasteiger partial charge < -0.3 is 5.11 Å². The second kappa shape index (κ2) is 7.43. The molecule has 0 saturated carbocycles. The fraction of sp³-hybridized carbons (Fsp3) is 0.0526. The molecule has 0 unspecified atom stereocenters. The first-order valence-electron chi connectivity index (χ1n) is 7.81. The highest BCUT2D eigenvalue weighted by Gasteiger charge is 2.15. The van der Waals surface area contributed by atoms with E-state index in [4.69, 9.17) is 0 Å². The normalized spacial score (nSPS) is 10.9. The van der Waals surface area contributed by atoms with Crippen LogP contribution in [0.3, 0.4) is 0 Å². The van der Waals surface area contributed by atoms with Crippen LogP contribution in [0.4, 0.5) is 5.69 Å². The molecule has 130 valence electrons. The second-order valence-corrected chi connectivity index (χ2v) is 5.58. The van der Waals surface area contributed by atoms with E-state index in [1.54, 1.807) is 0 Å². The van der Waals surface area contributed by atoms with E-state index in [0.717, 1.165) is 16.3 Å². The first-order valence-corrected chi connectivity index (χ1v) is 7.81. The van der Waals surface area contributed by atoms with Crippen LogP contribution >= 0.6 is 0 Å². The molecule has 1 amide bonds. The molecule has 0 aliphatic heterocycles. The van der Waals surface area contributed by atoms with E-state index in [1.807, 2.05) is 42.5 Å². The Bertz CT molecular complexity index is 1010. The van der Waals surface area contributed by atoms with Crippen LogP contribution in [0.15, 0.2) is 65.8 Å². The Morgan fingerprint density at radius 3 is 2.65 bits per heavy atom. The van der Waals surface area contributed by atoms with Gasteiger partial charge in [0.15, 0.2) is 0 Å². The maximum absolute atomic E-state index is 12.1. The molecule has 26 heavy (non-hydrogen) atoms. The number of amides is 1. The van der Waals surface area contributed by atoms with Gasteiger partial charge in [0.1, 0.15) is 0 Å². The fourth-order valence-corrected chi connectivity index (χ4v) is 2.63. The molecule has 0 spiro atoms. The lowest BCUT2D eigenvalue weighted by Crippen LogP contribution is -2.19. The van der Waals surface area contributed by atoms with Crippen LogP contribution in [0, 0.1) is 10.1 Å². The van der Waals surface area contributed by atoms with Crippen molar-refractivity contribution in [2.45, 2.75) is 6.42 Å². The summed E-state index contributed by atoms with van der Waals surface area (Å²) in [6.07, 6.45) is 1.31. The van der Waals surface area contributed by atoms with Gasteiger partial charge in [-0.05, 0) is 22.4 Å². The molecule has 0 bridgehead atoms. The minimum atomic E-state index is -0.689. The van der Waals surface area contributed by atoms with Crippen LogP contribution < -0.4 is 5.43 Å². The van der Waals surface area contributed by atoms with Crippen molar-refractivity contribution in [3.8, 4) is 5.75 Å². The summed E-state index contributed by atoms with van der Waals surface area (Å²) in [7, 11) is 0. The number of fused-ring (bicyclic) bond motifs is 1. The zero-order chi connectivity index (χ0) is 18.5. The maximum atomic E-state index is 12.1. The first-order chi connectivity index (χ1) is 12.6. The second-order valence-electron chi connectivity index (χ2n) is 5.58. The van der Waals surface area contributed by atoms with Crippen molar-refractivity contribution in [1.29, 1.82) is 0 Å². The van der Waals surface area contributed by atoms with E-state index in [1.165, 1.54) is 24.4 Å². The van der Waals surface area contributed by atoms with Crippen LogP contribution in [0.1, 0.15) is 11.1 Å². The number of aromatic hydroxyl groups is 1. The van der Waals surface area contributed by atoms with Gasteiger partial charge in [0.25, 0.3) is 0 Å². The van der Waals surface area contributed by atoms with Gasteiger partial charge in [-0.1, -0.05) is 48.5 Å². The minimum Gasteiger partial charge on any atom is -0.502 e. The molecule has 0 aliphatic carbocycles. The summed E-state index contributed by atoms with van der Waals surface area (Å²) < 4.78 is 0. The highest BCUT2D eigenvalue weighted by molar-refractivity contribution is 5.91. The molecule has 0 saturated heterocycles. The van der Waals surface area contributed by atoms with E-state index in [-0.39, 0.29) is 17.9 Å². The van der Waals surface area contributed by atoms with Crippen molar-refractivity contribution in [1.82, 2.24) is 5.43 Å². The van der Waals surface area contributed by atoms with Crippen LogP contribution in [0.25, 0.3) is 10.8 Å². The van der Waals surface area contributed by atoms with Crippen molar-refractivity contribution in [2.75, 3.05) is 0 Å². The van der Waals surface area contributed by atoms with E-state index < -0.39 is 16.4 Å². The standard InChI is InChI=1S/C19H15N3O4/c23-18(11-14-7-3-6-13-5-1-2-9-16(13)14)21-20-12-15-8-4-10-17(19(15)24)22(25)26/h1-10,12,24H,11H2,(H,21,23). The van der Waals surface area contributed by atoms with Gasteiger partial charge in [0.2, 0.25) is 11.7 Å². The molecule has 3 aromatic carbocycles. The first kappa shape index (κ1) is 17.1. The monoisotopic (exact) mass is 349 g/mol.